The van der Waals surface area contributed by atoms with Gasteiger partial charge in [0.2, 0.25) is 0 Å². The molecule has 0 aromatic carbocycles. The van der Waals surface area contributed by atoms with E-state index in [1.54, 1.807) is 0 Å². The van der Waals surface area contributed by atoms with Crippen LogP contribution in [0.15, 0.2) is 12.2 Å². The van der Waals surface area contributed by atoms with E-state index in [0.717, 1.165) is 51.4 Å². The Kier molecular flexibility index (Phi) is 24.9. The minimum Gasteiger partial charge on any atom is -0.481 e. The first-order valence-electron chi connectivity index (χ1n) is 8.71. The van der Waals surface area contributed by atoms with Crippen molar-refractivity contribution in [2.75, 3.05) is 0 Å². The van der Waals surface area contributed by atoms with Gasteiger partial charge in [0.1, 0.15) is 0 Å². The van der Waals surface area contributed by atoms with Crippen molar-refractivity contribution in [1.29, 1.82) is 0 Å². The maximum Gasteiger partial charge on any atom is 0.303 e. The first kappa shape index (κ1) is 27.0. The largest absolute Gasteiger partial charge is 0.481 e. The Morgan fingerprint density at radius 3 is 2.17 bits per heavy atom. The van der Waals surface area contributed by atoms with E-state index in [-0.39, 0.29) is 21.0 Å². The molecule has 2 N–H and O–H groups in total. The number of aliphatic hydroxyl groups excluding tert-OH is 1. The summed E-state index contributed by atoms with van der Waals surface area (Å²) in [5.74, 6) is -0.689. The zero-order valence-corrected chi connectivity index (χ0v) is 13.7. The van der Waals surface area contributed by atoms with E-state index in [9.17, 15) is 9.90 Å². The number of aliphatic hydroxyl groups is 1. The van der Waals surface area contributed by atoms with Crippen molar-refractivity contribution in [3.8, 4) is 0 Å². The van der Waals surface area contributed by atoms with Crippen molar-refractivity contribution in [3.63, 3.8) is 0 Å². The number of carboxylic acid groups (broad SMARTS) is 1. The van der Waals surface area contributed by atoms with Gasteiger partial charge in [0.15, 0.2) is 0 Å². The third-order valence-electron chi connectivity index (χ3n) is 3.73. The summed E-state index contributed by atoms with van der Waals surface area (Å²) in [6, 6.07) is 0. The zero-order valence-electron chi connectivity index (χ0n) is 13.7. The minimum absolute atomic E-state index is 0. The van der Waals surface area contributed by atoms with Crippen LogP contribution in [-0.4, -0.2) is 22.3 Å². The monoisotopic (exact) mass is 330 g/mol. The highest BCUT2D eigenvalue weighted by atomic mass is 16.4. The van der Waals surface area contributed by atoms with Gasteiger partial charge in [-0.2, -0.15) is 0 Å². The molecule has 0 radical (unpaired) electrons. The van der Waals surface area contributed by atoms with Gasteiger partial charge >= 0.3 is 5.97 Å². The Morgan fingerprint density at radius 1 is 0.913 bits per heavy atom. The summed E-state index contributed by atoms with van der Waals surface area (Å²) < 4.78 is 0. The fourth-order valence-electron chi connectivity index (χ4n) is 2.36. The number of carbonyl (C=O) groups is 1. The summed E-state index contributed by atoms with van der Waals surface area (Å²) in [6.07, 6.45) is 17.4. The van der Waals surface area contributed by atoms with Gasteiger partial charge in [-0.3, -0.25) is 4.79 Å². The summed E-state index contributed by atoms with van der Waals surface area (Å²) in [4.78, 5) is 10.3. The van der Waals surface area contributed by atoms with Crippen LogP contribution < -0.4 is 0 Å². The van der Waals surface area contributed by atoms with Crippen molar-refractivity contribution >= 4 is 5.97 Å². The fourth-order valence-corrected chi connectivity index (χ4v) is 2.36. The highest BCUT2D eigenvalue weighted by Gasteiger charge is 2.00. The summed E-state index contributed by atoms with van der Waals surface area (Å²) in [6.45, 7) is 2.20. The number of unbranched alkanes of at least 4 members (excludes halogenated alkanes) is 8. The molecule has 0 fully saturated rings. The normalized spacial score (nSPS) is 11.7. The third kappa shape index (κ3) is 23.6. The molecule has 0 aromatic heterocycles. The van der Waals surface area contributed by atoms with Crippen LogP contribution in [0.5, 0.6) is 0 Å². The molecular weight excluding hydrogens is 288 g/mol. The quantitative estimate of drug-likeness (QED) is 0.271. The zero-order chi connectivity index (χ0) is 15.8. The van der Waals surface area contributed by atoms with E-state index in [1.807, 2.05) is 0 Å². The molecule has 0 aliphatic heterocycles. The van der Waals surface area contributed by atoms with Crippen LogP contribution in [0, 0.1) is 0 Å². The van der Waals surface area contributed by atoms with Crippen molar-refractivity contribution in [2.45, 2.75) is 111 Å². The molecule has 1 atom stereocenters. The van der Waals surface area contributed by atoms with Crippen LogP contribution in [0.2, 0.25) is 0 Å². The molecule has 0 amide bonds. The highest BCUT2D eigenvalue weighted by molar-refractivity contribution is 5.66. The van der Waals surface area contributed by atoms with Gasteiger partial charge < -0.3 is 10.2 Å². The first-order chi connectivity index (χ1) is 10.2. The Morgan fingerprint density at radius 2 is 1.52 bits per heavy atom. The van der Waals surface area contributed by atoms with E-state index in [1.165, 1.54) is 25.7 Å². The first-order valence-corrected chi connectivity index (χ1v) is 8.71. The molecule has 0 heterocycles. The molecule has 1 unspecified atom stereocenters. The second kappa shape index (κ2) is 21.2. The molecule has 0 rings (SSSR count). The molecule has 0 saturated carbocycles. The van der Waals surface area contributed by atoms with Gasteiger partial charge in [0, 0.05) is 6.42 Å². The molecule has 0 aliphatic rings. The molecule has 0 saturated heterocycles. The Labute approximate surface area is 145 Å². The maximum absolute atomic E-state index is 10.3. The average molecular weight is 331 g/mol. The SMILES string of the molecule is C.C.CCCCCCC(O)CC=CCCCCCCCC(=O)O. The number of hydrogen-bond donors (Lipinski definition) is 2. The lowest BCUT2D eigenvalue weighted by Gasteiger charge is -2.07. The smallest absolute Gasteiger partial charge is 0.303 e. The third-order valence-corrected chi connectivity index (χ3v) is 3.73. The number of aliphatic carboxylic acids is 1. The number of rotatable bonds is 15. The predicted octanol–water partition coefficient (Wildman–Crippen LogP) is 6.35. The molecule has 140 valence electrons. The number of carboxylic acids is 1. The van der Waals surface area contributed by atoms with Crippen molar-refractivity contribution in [1.82, 2.24) is 0 Å². The van der Waals surface area contributed by atoms with E-state index >= 15 is 0 Å². The van der Waals surface area contributed by atoms with Crippen molar-refractivity contribution in [2.24, 2.45) is 0 Å². The maximum atomic E-state index is 10.3. The molecule has 0 bridgehead atoms. The summed E-state index contributed by atoms with van der Waals surface area (Å²) >= 11 is 0. The second-order valence-corrected chi connectivity index (χ2v) is 5.91. The summed E-state index contributed by atoms with van der Waals surface area (Å²) in [5, 5.41) is 18.3. The van der Waals surface area contributed by atoms with Gasteiger partial charge in [-0.15, -0.1) is 0 Å². The lowest BCUT2D eigenvalue weighted by atomic mass is 10.1. The van der Waals surface area contributed by atoms with Crippen LogP contribution >= 0.6 is 0 Å². The Bertz CT molecular complexity index is 262. The Balaban J connectivity index is -0.00000200. The number of hydrogen-bond acceptors (Lipinski definition) is 2. The van der Waals surface area contributed by atoms with Gasteiger partial charge in [-0.05, 0) is 32.1 Å². The Hall–Kier alpha value is -0.830. The van der Waals surface area contributed by atoms with E-state index in [2.05, 4.69) is 19.1 Å². The van der Waals surface area contributed by atoms with Crippen molar-refractivity contribution in [3.05, 3.63) is 12.2 Å². The second-order valence-electron chi connectivity index (χ2n) is 5.91. The lowest BCUT2D eigenvalue weighted by molar-refractivity contribution is -0.137. The molecule has 23 heavy (non-hydrogen) atoms. The molecule has 0 aliphatic carbocycles. The van der Waals surface area contributed by atoms with Crippen molar-refractivity contribution < 1.29 is 15.0 Å². The van der Waals surface area contributed by atoms with Gasteiger partial charge in [-0.25, -0.2) is 0 Å². The predicted molar refractivity (Wildman–Crippen MR) is 102 cm³/mol. The van der Waals surface area contributed by atoms with Crippen LogP contribution in [-0.2, 0) is 4.79 Å². The van der Waals surface area contributed by atoms with Crippen LogP contribution in [0.3, 0.4) is 0 Å². The fraction of sp³-hybridized carbons (Fsp3) is 0.850. The standard InChI is InChI=1S/C18H34O3.2CH4/c1-2-3-4-11-14-17(19)15-12-9-7-5-6-8-10-13-16-18(20)21;;/h9,12,17,19H,2-8,10-11,13-16H2,1H3,(H,20,21);2*1H4. The van der Waals surface area contributed by atoms with Gasteiger partial charge in [0.05, 0.1) is 6.10 Å². The van der Waals surface area contributed by atoms with Crippen LogP contribution in [0.25, 0.3) is 0 Å². The molecule has 0 aromatic rings. The summed E-state index contributed by atoms with van der Waals surface area (Å²) in [5.41, 5.74) is 0. The van der Waals surface area contributed by atoms with Crippen LogP contribution in [0.1, 0.15) is 105 Å². The van der Waals surface area contributed by atoms with E-state index in [4.69, 9.17) is 5.11 Å². The molecular formula is C20H42O3. The topological polar surface area (TPSA) is 57.5 Å². The average Bonchev–Trinajstić information content (AvgIpc) is 2.45. The van der Waals surface area contributed by atoms with Crippen LogP contribution in [0.4, 0.5) is 0 Å². The molecule has 3 nitrogen and oxygen atoms in total. The van der Waals surface area contributed by atoms with Gasteiger partial charge in [-0.1, -0.05) is 78.9 Å². The molecule has 3 heteroatoms. The minimum atomic E-state index is -0.689. The van der Waals surface area contributed by atoms with E-state index in [0.29, 0.717) is 6.42 Å². The van der Waals surface area contributed by atoms with E-state index < -0.39 is 5.97 Å². The molecule has 0 spiro atoms. The van der Waals surface area contributed by atoms with Gasteiger partial charge in [0.25, 0.3) is 0 Å². The lowest BCUT2D eigenvalue weighted by Crippen LogP contribution is -2.04. The highest BCUT2D eigenvalue weighted by Crippen LogP contribution is 2.10. The summed E-state index contributed by atoms with van der Waals surface area (Å²) in [7, 11) is 0. The number of allylic oxidation sites excluding steroid dienone is 1.